The Balaban J connectivity index is 2.65. The minimum atomic E-state index is -0.639. The quantitative estimate of drug-likeness (QED) is 0.371. The van der Waals surface area contributed by atoms with Gasteiger partial charge in [0.25, 0.3) is 0 Å². The van der Waals surface area contributed by atoms with Crippen molar-refractivity contribution in [2.45, 2.75) is 0 Å². The van der Waals surface area contributed by atoms with Crippen molar-refractivity contribution < 1.29 is 9.59 Å². The Hall–Kier alpha value is -1.39. The molecule has 0 unspecified atom stereocenters. The fraction of sp³-hybridized carbons (Fsp3) is 0.250. The van der Waals surface area contributed by atoms with Crippen molar-refractivity contribution in [3.05, 3.63) is 0 Å². The summed E-state index contributed by atoms with van der Waals surface area (Å²) >= 11 is 0. The summed E-state index contributed by atoms with van der Waals surface area (Å²) in [6, 6.07) is 0. The summed E-state index contributed by atoms with van der Waals surface area (Å²) in [7, 11) is 0. The molecule has 1 aliphatic rings. The Kier molecular flexibility index (Phi) is 1.44. The standard InChI is InChI=1S/C4H3N3O2/c8-2-4(9)3-1-5-7-6-3/h2H,1H2. The third-order valence-electron chi connectivity index (χ3n) is 0.841. The highest BCUT2D eigenvalue weighted by Gasteiger charge is 2.12. The van der Waals surface area contributed by atoms with Gasteiger partial charge in [-0.15, -0.1) is 5.10 Å². The van der Waals surface area contributed by atoms with E-state index in [0.29, 0.717) is 0 Å². The molecule has 0 bridgehead atoms. The van der Waals surface area contributed by atoms with Crippen LogP contribution < -0.4 is 0 Å². The van der Waals surface area contributed by atoms with E-state index in [0.717, 1.165) is 0 Å². The highest BCUT2D eigenvalue weighted by Crippen LogP contribution is 1.93. The van der Waals surface area contributed by atoms with Crippen LogP contribution in [-0.4, -0.2) is 24.3 Å². The second-order valence-electron chi connectivity index (χ2n) is 1.42. The number of ketones is 1. The molecule has 1 aliphatic heterocycles. The monoisotopic (exact) mass is 125 g/mol. The zero-order chi connectivity index (χ0) is 6.69. The summed E-state index contributed by atoms with van der Waals surface area (Å²) in [4.78, 5) is 20.2. The van der Waals surface area contributed by atoms with E-state index in [1.54, 1.807) is 0 Å². The first-order valence-corrected chi connectivity index (χ1v) is 2.27. The smallest absolute Gasteiger partial charge is 0.243 e. The van der Waals surface area contributed by atoms with E-state index >= 15 is 0 Å². The van der Waals surface area contributed by atoms with Crippen LogP contribution in [0.1, 0.15) is 0 Å². The molecule has 0 aromatic carbocycles. The lowest BCUT2D eigenvalue weighted by Crippen LogP contribution is -2.15. The van der Waals surface area contributed by atoms with Crippen LogP contribution in [0.3, 0.4) is 0 Å². The number of hydrogen-bond donors (Lipinski definition) is 0. The van der Waals surface area contributed by atoms with Gasteiger partial charge in [-0.05, 0) is 5.22 Å². The summed E-state index contributed by atoms with van der Waals surface area (Å²) in [5, 5.41) is 9.84. The molecule has 1 rings (SSSR count). The molecule has 0 radical (unpaired) electrons. The minimum Gasteiger partial charge on any atom is -0.294 e. The van der Waals surface area contributed by atoms with Crippen LogP contribution in [0.2, 0.25) is 0 Å². The molecule has 0 fully saturated rings. The second kappa shape index (κ2) is 2.25. The van der Waals surface area contributed by atoms with Crippen molar-refractivity contribution in [2.75, 3.05) is 6.54 Å². The molecule has 5 heteroatoms. The van der Waals surface area contributed by atoms with Crippen molar-refractivity contribution in [3.63, 3.8) is 0 Å². The molecule has 0 aromatic rings. The molecule has 0 aromatic heterocycles. The lowest BCUT2D eigenvalue weighted by Gasteiger charge is -1.81. The number of rotatable bonds is 2. The van der Waals surface area contributed by atoms with E-state index < -0.39 is 5.78 Å². The number of aldehydes is 1. The van der Waals surface area contributed by atoms with Crippen LogP contribution >= 0.6 is 0 Å². The van der Waals surface area contributed by atoms with Gasteiger partial charge >= 0.3 is 0 Å². The number of Topliss-reactive ketones (excluding diaryl/α,β-unsaturated/α-hetero) is 1. The maximum atomic E-state index is 10.4. The van der Waals surface area contributed by atoms with Gasteiger partial charge in [-0.3, -0.25) is 9.59 Å². The lowest BCUT2D eigenvalue weighted by molar-refractivity contribution is -0.125. The van der Waals surface area contributed by atoms with Gasteiger partial charge in [0.05, 0.1) is 0 Å². The van der Waals surface area contributed by atoms with E-state index in [4.69, 9.17) is 0 Å². The predicted molar refractivity (Wildman–Crippen MR) is 28.2 cm³/mol. The first kappa shape index (κ1) is 5.74. The SMILES string of the molecule is O=CC(=O)C1=NN=NC1. The topological polar surface area (TPSA) is 71.2 Å². The molecule has 0 atom stereocenters. The molecule has 0 aliphatic carbocycles. The van der Waals surface area contributed by atoms with Gasteiger partial charge < -0.3 is 0 Å². The number of carbonyl (C=O) groups excluding carboxylic acids is 2. The number of nitrogens with zero attached hydrogens (tertiary/aromatic N) is 3. The largest absolute Gasteiger partial charge is 0.294 e. The molecule has 5 nitrogen and oxygen atoms in total. The minimum absolute atomic E-state index is 0.116. The van der Waals surface area contributed by atoms with Gasteiger partial charge in [0.15, 0.2) is 6.29 Å². The van der Waals surface area contributed by atoms with Gasteiger partial charge in [0, 0.05) is 0 Å². The van der Waals surface area contributed by atoms with Gasteiger partial charge in [0.1, 0.15) is 12.3 Å². The summed E-state index contributed by atoms with van der Waals surface area (Å²) < 4.78 is 0. The van der Waals surface area contributed by atoms with Gasteiger partial charge in [-0.1, -0.05) is 0 Å². The predicted octanol–water partition coefficient (Wildman–Crippen LogP) is -0.424. The lowest BCUT2D eigenvalue weighted by atomic mass is 10.3. The Morgan fingerprint density at radius 2 is 2.44 bits per heavy atom. The third kappa shape index (κ3) is 1.04. The maximum Gasteiger partial charge on any atom is 0.243 e. The fourth-order valence-corrected chi connectivity index (χ4v) is 0.411. The fourth-order valence-electron chi connectivity index (χ4n) is 0.411. The van der Waals surface area contributed by atoms with Gasteiger partial charge in [-0.2, -0.15) is 5.11 Å². The van der Waals surface area contributed by atoms with Gasteiger partial charge in [-0.25, -0.2) is 0 Å². The van der Waals surface area contributed by atoms with Crippen molar-refractivity contribution in [2.24, 2.45) is 15.4 Å². The average Bonchev–Trinajstić information content (AvgIpc) is 2.37. The van der Waals surface area contributed by atoms with E-state index in [1.165, 1.54) is 0 Å². The summed E-state index contributed by atoms with van der Waals surface area (Å²) in [5.74, 6) is -0.639. The van der Waals surface area contributed by atoms with E-state index in [9.17, 15) is 9.59 Å². The van der Waals surface area contributed by atoms with Crippen LogP contribution in [-0.2, 0) is 9.59 Å². The molecule has 46 valence electrons. The van der Waals surface area contributed by atoms with Gasteiger partial charge in [0.2, 0.25) is 5.78 Å². The van der Waals surface area contributed by atoms with Crippen LogP contribution in [0.5, 0.6) is 0 Å². The van der Waals surface area contributed by atoms with Crippen LogP contribution in [0.25, 0.3) is 0 Å². The summed E-state index contributed by atoms with van der Waals surface area (Å²) in [6.45, 7) is 0.136. The summed E-state index contributed by atoms with van der Waals surface area (Å²) in [6.07, 6.45) is 0.204. The molecular formula is C4H3N3O2. The molecule has 9 heavy (non-hydrogen) atoms. The third-order valence-corrected chi connectivity index (χ3v) is 0.841. The van der Waals surface area contributed by atoms with E-state index in [2.05, 4.69) is 15.4 Å². The van der Waals surface area contributed by atoms with Crippen molar-refractivity contribution in [1.29, 1.82) is 0 Å². The molecule has 0 saturated heterocycles. The number of carbonyl (C=O) groups is 2. The zero-order valence-electron chi connectivity index (χ0n) is 4.44. The molecule has 0 amide bonds. The second-order valence-corrected chi connectivity index (χ2v) is 1.42. The zero-order valence-corrected chi connectivity index (χ0v) is 4.44. The Morgan fingerprint density at radius 1 is 1.67 bits per heavy atom. The highest BCUT2D eigenvalue weighted by atomic mass is 16.2. The molecule has 0 N–H and O–H groups in total. The van der Waals surface area contributed by atoms with Crippen LogP contribution in [0.15, 0.2) is 15.4 Å². The van der Waals surface area contributed by atoms with Crippen LogP contribution in [0.4, 0.5) is 0 Å². The Labute approximate surface area is 50.5 Å². The molecule has 1 heterocycles. The normalized spacial score (nSPS) is 15.3. The van der Waals surface area contributed by atoms with E-state index in [1.807, 2.05) is 0 Å². The summed E-state index contributed by atoms with van der Waals surface area (Å²) in [5.41, 5.74) is 0.116. The Morgan fingerprint density at radius 3 is 2.89 bits per heavy atom. The molecule has 0 spiro atoms. The first-order chi connectivity index (χ1) is 4.34. The molecule has 0 saturated carbocycles. The van der Waals surface area contributed by atoms with E-state index in [-0.39, 0.29) is 18.5 Å². The first-order valence-electron chi connectivity index (χ1n) is 2.27. The number of hydrogen-bond acceptors (Lipinski definition) is 5. The maximum absolute atomic E-state index is 10.4. The highest BCUT2D eigenvalue weighted by molar-refractivity contribution is 6.60. The van der Waals surface area contributed by atoms with Crippen molar-refractivity contribution in [1.82, 2.24) is 0 Å². The van der Waals surface area contributed by atoms with Crippen LogP contribution in [0, 0.1) is 0 Å². The molecular weight excluding hydrogens is 122 g/mol. The van der Waals surface area contributed by atoms with Crippen molar-refractivity contribution in [3.8, 4) is 0 Å². The average molecular weight is 125 g/mol. The Bertz CT molecular complexity index is 206. The van der Waals surface area contributed by atoms with Crippen molar-refractivity contribution >= 4 is 17.8 Å².